The maximum Gasteiger partial charge on any atom is 0.188 e. The van der Waals surface area contributed by atoms with Gasteiger partial charge >= 0.3 is 0 Å². The highest BCUT2D eigenvalue weighted by Crippen LogP contribution is 2.24. The molecule has 72 valence electrons. The van der Waals surface area contributed by atoms with E-state index in [2.05, 4.69) is 22.4 Å². The average molecular weight is 246 g/mol. The van der Waals surface area contributed by atoms with Crippen LogP contribution in [0.4, 0.5) is 0 Å². The Bertz CT molecular complexity index is 393. The number of benzene rings is 1. The van der Waals surface area contributed by atoms with Crippen LogP contribution in [0.2, 0.25) is 10.0 Å². The summed E-state index contributed by atoms with van der Waals surface area (Å²) in [7, 11) is 0. The number of nitrogens with zero attached hydrogens (tertiary/aromatic N) is 1. The Morgan fingerprint density at radius 3 is 2.50 bits per heavy atom. The highest BCUT2D eigenvalue weighted by molar-refractivity contribution is 7.78. The number of ketones is 1. The van der Waals surface area contributed by atoms with Crippen molar-refractivity contribution >= 4 is 46.4 Å². The molecule has 1 aromatic rings. The first kappa shape index (κ1) is 11.3. The van der Waals surface area contributed by atoms with E-state index in [4.69, 9.17) is 23.2 Å². The first-order valence-electron chi connectivity index (χ1n) is 3.67. The standard InChI is InChI=1S/C9H5Cl2NOS/c10-6-2-1-3-7(11)9(6)8(13)4-12-5-14/h1-3H,4H2. The highest BCUT2D eigenvalue weighted by Gasteiger charge is 2.13. The summed E-state index contributed by atoms with van der Waals surface area (Å²) < 4.78 is 0. The topological polar surface area (TPSA) is 29.4 Å². The summed E-state index contributed by atoms with van der Waals surface area (Å²) in [5.41, 5.74) is 0.282. The van der Waals surface area contributed by atoms with Gasteiger partial charge in [0.1, 0.15) is 6.54 Å². The Hall–Kier alpha value is -0.730. The van der Waals surface area contributed by atoms with E-state index in [1.807, 2.05) is 0 Å². The van der Waals surface area contributed by atoms with Gasteiger partial charge in [0.25, 0.3) is 0 Å². The van der Waals surface area contributed by atoms with Crippen LogP contribution in [0.3, 0.4) is 0 Å². The molecule has 0 fully saturated rings. The number of Topliss-reactive ketones (excluding diaryl/α,β-unsaturated/α-hetero) is 1. The van der Waals surface area contributed by atoms with Gasteiger partial charge in [0.2, 0.25) is 0 Å². The second kappa shape index (κ2) is 5.23. The van der Waals surface area contributed by atoms with Crippen molar-refractivity contribution in [3.8, 4) is 0 Å². The Balaban J connectivity index is 3.05. The molecule has 0 saturated heterocycles. The quantitative estimate of drug-likeness (QED) is 0.465. The molecule has 0 aromatic heterocycles. The van der Waals surface area contributed by atoms with Crippen LogP contribution < -0.4 is 0 Å². The third kappa shape index (κ3) is 2.63. The van der Waals surface area contributed by atoms with Crippen molar-refractivity contribution in [3.63, 3.8) is 0 Å². The average Bonchev–Trinajstić information content (AvgIpc) is 2.14. The van der Waals surface area contributed by atoms with Crippen LogP contribution in [-0.4, -0.2) is 17.5 Å². The molecule has 1 rings (SSSR count). The second-order valence-corrected chi connectivity index (χ2v) is 3.42. The van der Waals surface area contributed by atoms with Gasteiger partial charge in [-0.1, -0.05) is 29.3 Å². The zero-order valence-electron chi connectivity index (χ0n) is 6.96. The van der Waals surface area contributed by atoms with Crippen LogP contribution >= 0.6 is 35.4 Å². The Kier molecular flexibility index (Phi) is 4.23. The number of aliphatic imine (C=N–C) groups is 1. The van der Waals surface area contributed by atoms with Crippen LogP contribution in [0.1, 0.15) is 10.4 Å². The summed E-state index contributed by atoms with van der Waals surface area (Å²) in [5, 5.41) is 2.75. The van der Waals surface area contributed by atoms with E-state index in [1.165, 1.54) is 0 Å². The number of carbonyl (C=O) groups excluding carboxylic acids is 1. The molecular weight excluding hydrogens is 241 g/mol. The molecule has 0 radical (unpaired) electrons. The fourth-order valence-electron chi connectivity index (χ4n) is 0.947. The van der Waals surface area contributed by atoms with E-state index in [9.17, 15) is 4.79 Å². The van der Waals surface area contributed by atoms with Crippen LogP contribution in [-0.2, 0) is 0 Å². The van der Waals surface area contributed by atoms with Gasteiger partial charge in [-0.25, -0.2) is 4.99 Å². The number of carbonyl (C=O) groups is 1. The molecule has 0 spiro atoms. The molecule has 0 amide bonds. The fourth-order valence-corrected chi connectivity index (χ4v) is 1.62. The molecule has 0 aliphatic heterocycles. The lowest BCUT2D eigenvalue weighted by Gasteiger charge is -2.02. The van der Waals surface area contributed by atoms with Gasteiger partial charge in [-0.05, 0) is 24.4 Å². The Morgan fingerprint density at radius 2 is 2.00 bits per heavy atom. The van der Waals surface area contributed by atoms with E-state index in [0.717, 1.165) is 0 Å². The van der Waals surface area contributed by atoms with Crippen molar-refractivity contribution < 1.29 is 4.79 Å². The largest absolute Gasteiger partial charge is 0.292 e. The minimum atomic E-state index is -0.266. The summed E-state index contributed by atoms with van der Waals surface area (Å²) in [6, 6.07) is 4.87. The molecule has 0 unspecified atom stereocenters. The fraction of sp³-hybridized carbons (Fsp3) is 0.111. The van der Waals surface area contributed by atoms with E-state index >= 15 is 0 Å². The number of thiocarbonyl (C=S) groups is 1. The van der Waals surface area contributed by atoms with Gasteiger partial charge < -0.3 is 0 Å². The van der Waals surface area contributed by atoms with Gasteiger partial charge in [0.15, 0.2) is 5.78 Å². The summed E-state index contributed by atoms with van der Waals surface area (Å²) in [4.78, 5) is 15.0. The monoisotopic (exact) mass is 245 g/mol. The number of rotatable bonds is 3. The molecule has 2 nitrogen and oxygen atoms in total. The summed E-state index contributed by atoms with van der Waals surface area (Å²) in [6.45, 7) is -0.0764. The minimum absolute atomic E-state index is 0.0764. The predicted octanol–water partition coefficient (Wildman–Crippen LogP) is 3.28. The maximum atomic E-state index is 11.5. The summed E-state index contributed by atoms with van der Waals surface area (Å²) >= 11 is 16.0. The smallest absolute Gasteiger partial charge is 0.188 e. The second-order valence-electron chi connectivity index (χ2n) is 2.43. The van der Waals surface area contributed by atoms with E-state index < -0.39 is 0 Å². The first-order chi connectivity index (χ1) is 6.66. The zero-order valence-corrected chi connectivity index (χ0v) is 9.29. The van der Waals surface area contributed by atoms with E-state index in [-0.39, 0.29) is 17.9 Å². The lowest BCUT2D eigenvalue weighted by Crippen LogP contribution is -2.04. The van der Waals surface area contributed by atoms with Crippen molar-refractivity contribution in [2.24, 2.45) is 4.99 Å². The molecule has 0 saturated carbocycles. The van der Waals surface area contributed by atoms with Crippen molar-refractivity contribution in [1.82, 2.24) is 0 Å². The van der Waals surface area contributed by atoms with Gasteiger partial charge in [0.05, 0.1) is 20.8 Å². The highest BCUT2D eigenvalue weighted by atomic mass is 35.5. The van der Waals surface area contributed by atoms with Gasteiger partial charge in [0, 0.05) is 0 Å². The number of isothiocyanates is 1. The molecule has 5 heteroatoms. The summed E-state index contributed by atoms with van der Waals surface area (Å²) in [6.07, 6.45) is 0. The number of hydrogen-bond acceptors (Lipinski definition) is 3. The van der Waals surface area contributed by atoms with Crippen molar-refractivity contribution in [2.45, 2.75) is 0 Å². The van der Waals surface area contributed by atoms with Crippen LogP contribution in [0.15, 0.2) is 23.2 Å². The van der Waals surface area contributed by atoms with Crippen molar-refractivity contribution in [3.05, 3.63) is 33.8 Å². The maximum absolute atomic E-state index is 11.5. The molecule has 0 heterocycles. The lowest BCUT2D eigenvalue weighted by molar-refractivity contribution is 0.100. The van der Waals surface area contributed by atoms with Crippen LogP contribution in [0.25, 0.3) is 0 Å². The minimum Gasteiger partial charge on any atom is -0.292 e. The molecule has 14 heavy (non-hydrogen) atoms. The zero-order chi connectivity index (χ0) is 10.6. The Morgan fingerprint density at radius 1 is 1.43 bits per heavy atom. The third-order valence-electron chi connectivity index (χ3n) is 1.53. The molecule has 1 aromatic carbocycles. The van der Waals surface area contributed by atoms with Crippen LogP contribution in [0.5, 0.6) is 0 Å². The third-order valence-corrected chi connectivity index (χ3v) is 2.29. The van der Waals surface area contributed by atoms with E-state index in [0.29, 0.717) is 10.0 Å². The van der Waals surface area contributed by atoms with Crippen LogP contribution in [0, 0.1) is 0 Å². The van der Waals surface area contributed by atoms with E-state index in [1.54, 1.807) is 18.2 Å². The van der Waals surface area contributed by atoms with Crippen molar-refractivity contribution in [1.29, 1.82) is 0 Å². The van der Waals surface area contributed by atoms with Crippen molar-refractivity contribution in [2.75, 3.05) is 6.54 Å². The molecular formula is C9H5Cl2NOS. The van der Waals surface area contributed by atoms with Gasteiger partial charge in [-0.3, -0.25) is 4.79 Å². The number of hydrogen-bond donors (Lipinski definition) is 0. The molecule has 0 bridgehead atoms. The predicted molar refractivity (Wildman–Crippen MR) is 60.7 cm³/mol. The number of halogens is 2. The lowest BCUT2D eigenvalue weighted by atomic mass is 10.1. The molecule has 0 N–H and O–H groups in total. The SMILES string of the molecule is O=C(CN=C=S)c1c(Cl)cccc1Cl. The summed E-state index contributed by atoms with van der Waals surface area (Å²) in [5.74, 6) is -0.266. The normalized spacial score (nSPS) is 9.29. The Labute approximate surface area is 96.5 Å². The van der Waals surface area contributed by atoms with Gasteiger partial charge in [-0.2, -0.15) is 0 Å². The molecule has 0 aliphatic carbocycles. The first-order valence-corrected chi connectivity index (χ1v) is 4.84. The molecule has 0 atom stereocenters. The molecule has 0 aliphatic rings. The van der Waals surface area contributed by atoms with Gasteiger partial charge in [-0.15, -0.1) is 0 Å².